The van der Waals surface area contributed by atoms with Gasteiger partial charge in [0.15, 0.2) is 0 Å². The van der Waals surface area contributed by atoms with E-state index < -0.39 is 12.8 Å². The molecule has 0 aliphatic rings. The van der Waals surface area contributed by atoms with E-state index in [1.54, 1.807) is 12.1 Å². The zero-order valence-electron chi connectivity index (χ0n) is 6.38. The maximum Gasteiger partial charge on any atom is 0.563 e. The van der Waals surface area contributed by atoms with Crippen LogP contribution in [0.15, 0.2) is 28.7 Å². The topological polar surface area (TPSA) is 26.0 Å². The van der Waals surface area contributed by atoms with E-state index in [1.165, 1.54) is 12.1 Å². The lowest BCUT2D eigenvalue weighted by molar-refractivity contribution is 0.468. The molecule has 0 aliphatic carbocycles. The van der Waals surface area contributed by atoms with Gasteiger partial charge in [-0.25, -0.2) is 4.98 Å². The zero-order chi connectivity index (χ0) is 9.47. The number of para-hydroxylation sites is 2. The van der Waals surface area contributed by atoms with E-state index in [0.29, 0.717) is 0 Å². The minimum Gasteiger partial charge on any atom is -0.472 e. The molecule has 0 bridgehead atoms. The molecule has 0 spiro atoms. The Kier molecular flexibility index (Phi) is 1.58. The number of rotatable bonds is 1. The molecule has 13 heavy (non-hydrogen) atoms. The van der Waals surface area contributed by atoms with Crippen LogP contribution >= 0.6 is 0 Å². The average molecular weight is 186 g/mol. The van der Waals surface area contributed by atoms with Crippen LogP contribution in [0.4, 0.5) is 12.9 Å². The predicted molar refractivity (Wildman–Crippen MR) is 42.7 cm³/mol. The van der Waals surface area contributed by atoms with Crippen LogP contribution in [0.3, 0.4) is 0 Å². The second-order valence-corrected chi connectivity index (χ2v) is 2.59. The highest BCUT2D eigenvalue weighted by molar-refractivity contribution is 6.71. The van der Waals surface area contributed by atoms with Crippen LogP contribution in [0.5, 0.6) is 0 Å². The van der Waals surface area contributed by atoms with Crippen molar-refractivity contribution in [2.45, 2.75) is 0 Å². The highest BCUT2D eigenvalue weighted by atomic mass is 19.4. The first-order valence-corrected chi connectivity index (χ1v) is 3.63. The number of oxazole rings is 1. The molecule has 0 fully saturated rings. The Hall–Kier alpha value is -1.46. The maximum atomic E-state index is 12.1. The van der Waals surface area contributed by atoms with Crippen LogP contribution in [0.2, 0.25) is 0 Å². The SMILES string of the molecule is F[B-](F)(F)c1nc2ccccc2o1. The van der Waals surface area contributed by atoms with Crippen LogP contribution in [-0.4, -0.2) is 12.0 Å². The van der Waals surface area contributed by atoms with Crippen LogP contribution in [0.1, 0.15) is 0 Å². The van der Waals surface area contributed by atoms with E-state index in [9.17, 15) is 12.9 Å². The lowest BCUT2D eigenvalue weighted by Gasteiger charge is -2.06. The molecule has 0 aliphatic heterocycles. The van der Waals surface area contributed by atoms with Gasteiger partial charge >= 0.3 is 6.98 Å². The first-order chi connectivity index (χ1) is 6.07. The summed E-state index contributed by atoms with van der Waals surface area (Å²) in [7, 11) is 0. The molecule has 0 saturated heterocycles. The minimum absolute atomic E-state index is 0.164. The van der Waals surface area contributed by atoms with Crippen LogP contribution < -0.4 is 5.79 Å². The number of hydrogen-bond donors (Lipinski definition) is 0. The number of fused-ring (bicyclic) bond motifs is 1. The van der Waals surface area contributed by atoms with Gasteiger partial charge in [-0.3, -0.25) is 0 Å². The fraction of sp³-hybridized carbons (Fsp3) is 0. The second-order valence-electron chi connectivity index (χ2n) is 2.59. The number of hydrogen-bond acceptors (Lipinski definition) is 2. The maximum absolute atomic E-state index is 12.1. The van der Waals surface area contributed by atoms with Gasteiger partial charge in [0.25, 0.3) is 0 Å². The molecule has 0 saturated carbocycles. The van der Waals surface area contributed by atoms with Gasteiger partial charge in [-0.2, -0.15) is 0 Å². The zero-order valence-corrected chi connectivity index (χ0v) is 6.38. The quantitative estimate of drug-likeness (QED) is 0.635. The molecule has 0 amide bonds. The van der Waals surface area contributed by atoms with Crippen molar-refractivity contribution in [2.75, 3.05) is 0 Å². The van der Waals surface area contributed by atoms with Crippen molar-refractivity contribution in [2.24, 2.45) is 0 Å². The van der Waals surface area contributed by atoms with Crippen molar-refractivity contribution >= 4 is 23.9 Å². The highest BCUT2D eigenvalue weighted by Gasteiger charge is 2.32. The first-order valence-electron chi connectivity index (χ1n) is 3.63. The van der Waals surface area contributed by atoms with Gasteiger partial charge in [0.1, 0.15) is 16.9 Å². The Morgan fingerprint density at radius 2 is 1.85 bits per heavy atom. The molecule has 2 aromatic rings. The van der Waals surface area contributed by atoms with E-state index in [-0.39, 0.29) is 11.1 Å². The summed E-state index contributed by atoms with van der Waals surface area (Å²) in [6.07, 6.45) is 0. The van der Waals surface area contributed by atoms with Gasteiger partial charge in [-0.1, -0.05) is 12.1 Å². The van der Waals surface area contributed by atoms with Gasteiger partial charge in [0.2, 0.25) is 0 Å². The Morgan fingerprint density at radius 1 is 1.15 bits per heavy atom. The third-order valence-corrected chi connectivity index (χ3v) is 1.59. The third-order valence-electron chi connectivity index (χ3n) is 1.59. The summed E-state index contributed by atoms with van der Waals surface area (Å²) in [5.41, 5.74) is 0.397. The molecule has 0 N–H and O–H groups in total. The van der Waals surface area contributed by atoms with Gasteiger partial charge in [0.05, 0.1) is 0 Å². The Balaban J connectivity index is 2.63. The van der Waals surface area contributed by atoms with Crippen molar-refractivity contribution in [1.29, 1.82) is 0 Å². The molecule has 2 nitrogen and oxygen atoms in total. The van der Waals surface area contributed by atoms with Crippen LogP contribution in [0, 0.1) is 0 Å². The van der Waals surface area contributed by atoms with E-state index in [1.807, 2.05) is 0 Å². The summed E-state index contributed by atoms with van der Waals surface area (Å²) in [5.74, 6) is -1.14. The smallest absolute Gasteiger partial charge is 0.472 e. The molecular formula is C7H4BF3NO-. The summed E-state index contributed by atoms with van der Waals surface area (Å²) < 4.78 is 40.9. The fourth-order valence-corrected chi connectivity index (χ4v) is 1.03. The third kappa shape index (κ3) is 1.39. The van der Waals surface area contributed by atoms with E-state index in [4.69, 9.17) is 0 Å². The van der Waals surface area contributed by atoms with Crippen molar-refractivity contribution in [1.82, 2.24) is 4.98 Å². The number of halogens is 3. The summed E-state index contributed by atoms with van der Waals surface area (Å²) >= 11 is 0. The van der Waals surface area contributed by atoms with E-state index >= 15 is 0 Å². The fourth-order valence-electron chi connectivity index (χ4n) is 1.03. The normalized spacial score (nSPS) is 12.2. The lowest BCUT2D eigenvalue weighted by Crippen LogP contribution is -2.34. The molecule has 1 aromatic heterocycles. The molecule has 0 unspecified atom stereocenters. The Bertz CT molecular complexity index is 403. The average Bonchev–Trinajstić information content (AvgIpc) is 2.45. The Labute approximate surface area is 71.4 Å². The van der Waals surface area contributed by atoms with E-state index in [2.05, 4.69) is 9.40 Å². The molecule has 2 rings (SSSR count). The molecule has 6 heteroatoms. The van der Waals surface area contributed by atoms with E-state index in [0.717, 1.165) is 0 Å². The molecule has 0 radical (unpaired) electrons. The molecule has 1 heterocycles. The van der Waals surface area contributed by atoms with Crippen LogP contribution in [0.25, 0.3) is 11.1 Å². The predicted octanol–water partition coefficient (Wildman–Crippen LogP) is 1.88. The molecule has 0 atom stereocenters. The number of aromatic nitrogens is 1. The number of benzene rings is 1. The van der Waals surface area contributed by atoms with Crippen molar-refractivity contribution in [3.05, 3.63) is 24.3 Å². The van der Waals surface area contributed by atoms with Gasteiger partial charge < -0.3 is 17.4 Å². The summed E-state index contributed by atoms with van der Waals surface area (Å²) in [6.45, 7) is -5.14. The van der Waals surface area contributed by atoms with Crippen LogP contribution in [-0.2, 0) is 0 Å². The molecular weight excluding hydrogens is 182 g/mol. The summed E-state index contributed by atoms with van der Waals surface area (Å²) in [4.78, 5) is 3.32. The molecule has 68 valence electrons. The van der Waals surface area contributed by atoms with Gasteiger partial charge in [-0.05, 0) is 12.1 Å². The summed E-state index contributed by atoms with van der Waals surface area (Å²) in [5, 5.41) is 0. The molecule has 1 aromatic carbocycles. The highest BCUT2D eigenvalue weighted by Crippen LogP contribution is 2.14. The summed E-state index contributed by atoms with van der Waals surface area (Å²) in [6, 6.07) is 6.14. The van der Waals surface area contributed by atoms with Crippen molar-refractivity contribution in [3.63, 3.8) is 0 Å². The minimum atomic E-state index is -5.14. The largest absolute Gasteiger partial charge is 0.563 e. The second kappa shape index (κ2) is 2.51. The van der Waals surface area contributed by atoms with Gasteiger partial charge in [-0.15, -0.1) is 0 Å². The monoisotopic (exact) mass is 186 g/mol. The number of nitrogens with zero attached hydrogens (tertiary/aromatic N) is 1. The van der Waals surface area contributed by atoms with Crippen molar-refractivity contribution < 1.29 is 17.4 Å². The standard InChI is InChI=1S/C7H4BF3NO/c9-8(10,11)7-12-5-3-1-2-4-6(5)13-7/h1-4H/q-1. The Morgan fingerprint density at radius 3 is 2.46 bits per heavy atom. The lowest BCUT2D eigenvalue weighted by atomic mass is 9.93. The first kappa shape index (κ1) is 8.16. The van der Waals surface area contributed by atoms with Crippen molar-refractivity contribution in [3.8, 4) is 0 Å². The van der Waals surface area contributed by atoms with Gasteiger partial charge in [0, 0.05) is 0 Å².